The minimum Gasteiger partial charge on any atom is -0.480 e. The number of rotatable bonds is 7. The molecule has 1 heterocycles. The van der Waals surface area contributed by atoms with E-state index < -0.39 is 23.5 Å². The summed E-state index contributed by atoms with van der Waals surface area (Å²) in [5.41, 5.74) is 3.00. The van der Waals surface area contributed by atoms with E-state index in [1.54, 1.807) is 14.0 Å². The number of hydrogen-bond acceptors (Lipinski definition) is 5. The summed E-state index contributed by atoms with van der Waals surface area (Å²) in [6.07, 6.45) is 0.835. The van der Waals surface area contributed by atoms with Crippen molar-refractivity contribution in [3.63, 3.8) is 0 Å². The lowest BCUT2D eigenvalue weighted by Crippen LogP contribution is -2.51. The molecule has 0 spiro atoms. The molecule has 0 saturated heterocycles. The van der Waals surface area contributed by atoms with Crippen LogP contribution in [0.2, 0.25) is 0 Å². The molecule has 2 aromatic carbocycles. The van der Waals surface area contributed by atoms with Gasteiger partial charge < -0.3 is 15.2 Å². The maximum Gasteiger partial charge on any atom is 0.412 e. The molecule has 4 rings (SSSR count). The fourth-order valence-corrected chi connectivity index (χ4v) is 4.09. The number of benzene rings is 2. The molecule has 1 aliphatic rings. The van der Waals surface area contributed by atoms with E-state index in [4.69, 9.17) is 4.74 Å². The van der Waals surface area contributed by atoms with Gasteiger partial charge in [0.1, 0.15) is 17.7 Å². The van der Waals surface area contributed by atoms with Gasteiger partial charge >= 0.3 is 12.1 Å². The minimum atomic E-state index is -1.45. The van der Waals surface area contributed by atoms with Crippen molar-refractivity contribution in [1.29, 1.82) is 0 Å². The van der Waals surface area contributed by atoms with Gasteiger partial charge in [-0.25, -0.2) is 9.59 Å². The maximum absolute atomic E-state index is 12.8. The first kappa shape index (κ1) is 23.0. The second-order valence-corrected chi connectivity index (χ2v) is 8.46. The minimum absolute atomic E-state index is 0.0129. The molecule has 1 unspecified atom stereocenters. The maximum atomic E-state index is 12.8. The summed E-state index contributed by atoms with van der Waals surface area (Å²) < 4.78 is 6.88. The van der Waals surface area contributed by atoms with Crippen LogP contribution >= 0.6 is 0 Å². The van der Waals surface area contributed by atoms with E-state index in [9.17, 15) is 19.5 Å². The number of amides is 2. The van der Waals surface area contributed by atoms with Gasteiger partial charge in [-0.05, 0) is 35.6 Å². The SMILES string of the molecule is CCC(C)(NC(=O)c1cn(C)nc1NC(=O)OCC1c2ccccc2-c2ccccc21)C(=O)O. The lowest BCUT2D eigenvalue weighted by molar-refractivity contribution is -0.143. The Morgan fingerprint density at radius 1 is 1.09 bits per heavy atom. The highest BCUT2D eigenvalue weighted by atomic mass is 16.5. The molecule has 34 heavy (non-hydrogen) atoms. The first-order valence-corrected chi connectivity index (χ1v) is 10.9. The Morgan fingerprint density at radius 2 is 1.68 bits per heavy atom. The highest BCUT2D eigenvalue weighted by Gasteiger charge is 2.34. The van der Waals surface area contributed by atoms with E-state index >= 15 is 0 Å². The van der Waals surface area contributed by atoms with Gasteiger partial charge in [-0.15, -0.1) is 0 Å². The molecule has 0 saturated carbocycles. The lowest BCUT2D eigenvalue weighted by atomic mass is 9.98. The molecule has 0 fully saturated rings. The molecular weight excluding hydrogens is 436 g/mol. The molecule has 9 heteroatoms. The monoisotopic (exact) mass is 462 g/mol. The van der Waals surface area contributed by atoms with Crippen LogP contribution in [0.3, 0.4) is 0 Å². The highest BCUT2D eigenvalue weighted by Crippen LogP contribution is 2.44. The number of carbonyl (C=O) groups is 3. The Balaban J connectivity index is 1.47. The molecule has 176 valence electrons. The van der Waals surface area contributed by atoms with Gasteiger partial charge in [0.05, 0.1) is 0 Å². The third-order valence-electron chi connectivity index (χ3n) is 6.21. The topological polar surface area (TPSA) is 123 Å². The Kier molecular flexibility index (Phi) is 6.10. The zero-order valence-electron chi connectivity index (χ0n) is 19.2. The summed E-state index contributed by atoms with van der Waals surface area (Å²) in [5, 5.41) is 18.6. The van der Waals surface area contributed by atoms with Crippen LogP contribution < -0.4 is 10.6 Å². The standard InChI is InChI=1S/C25H26N4O5/c1-4-25(2,23(31)32)27-22(30)19-13-29(3)28-21(19)26-24(33)34-14-20-17-11-7-5-9-15(17)16-10-6-8-12-18(16)20/h5-13,20H,4,14H2,1-3H3,(H,27,30)(H,31,32)(H,26,28,33). The number of carboxylic acids is 1. The summed E-state index contributed by atoms with van der Waals surface area (Å²) >= 11 is 0. The molecule has 0 aliphatic heterocycles. The van der Waals surface area contributed by atoms with Gasteiger partial charge in [0, 0.05) is 19.2 Å². The molecule has 1 aliphatic carbocycles. The molecule has 0 radical (unpaired) electrons. The van der Waals surface area contributed by atoms with E-state index in [1.165, 1.54) is 17.8 Å². The van der Waals surface area contributed by atoms with Crippen LogP contribution in [0.25, 0.3) is 11.1 Å². The summed E-state index contributed by atoms with van der Waals surface area (Å²) in [4.78, 5) is 36.9. The van der Waals surface area contributed by atoms with E-state index in [1.807, 2.05) is 48.5 Å². The summed E-state index contributed by atoms with van der Waals surface area (Å²) in [5.74, 6) is -1.93. The normalized spacial score (nSPS) is 14.0. The van der Waals surface area contributed by atoms with Crippen molar-refractivity contribution in [2.45, 2.75) is 31.7 Å². The van der Waals surface area contributed by atoms with E-state index in [-0.39, 0.29) is 30.3 Å². The van der Waals surface area contributed by atoms with Gasteiger partial charge in [-0.1, -0.05) is 55.5 Å². The number of aliphatic carboxylic acids is 1. The van der Waals surface area contributed by atoms with Crippen molar-refractivity contribution in [3.05, 3.63) is 71.4 Å². The third-order valence-corrected chi connectivity index (χ3v) is 6.21. The average Bonchev–Trinajstić information content (AvgIpc) is 3.34. The second kappa shape index (κ2) is 9.01. The largest absolute Gasteiger partial charge is 0.480 e. The quantitative estimate of drug-likeness (QED) is 0.491. The van der Waals surface area contributed by atoms with Crippen LogP contribution in [0, 0.1) is 0 Å². The number of hydrogen-bond donors (Lipinski definition) is 3. The summed E-state index contributed by atoms with van der Waals surface area (Å²) in [6.45, 7) is 3.19. The molecular formula is C25H26N4O5. The van der Waals surface area contributed by atoms with Crippen LogP contribution in [0.4, 0.5) is 10.6 Å². The Morgan fingerprint density at radius 3 is 2.24 bits per heavy atom. The number of anilines is 1. The zero-order valence-corrected chi connectivity index (χ0v) is 19.2. The van der Waals surface area contributed by atoms with Crippen molar-refractivity contribution < 1.29 is 24.2 Å². The average molecular weight is 463 g/mol. The van der Waals surface area contributed by atoms with Crippen LogP contribution in [0.1, 0.15) is 47.7 Å². The van der Waals surface area contributed by atoms with Crippen LogP contribution in [0.15, 0.2) is 54.7 Å². The van der Waals surface area contributed by atoms with Gasteiger partial charge in [-0.3, -0.25) is 14.8 Å². The van der Waals surface area contributed by atoms with Gasteiger partial charge in [0.15, 0.2) is 5.82 Å². The van der Waals surface area contributed by atoms with Crippen molar-refractivity contribution in [3.8, 4) is 11.1 Å². The smallest absolute Gasteiger partial charge is 0.412 e. The number of nitrogens with zero attached hydrogens (tertiary/aromatic N) is 2. The van der Waals surface area contributed by atoms with Crippen molar-refractivity contribution in [2.24, 2.45) is 7.05 Å². The Bertz CT molecular complexity index is 1220. The number of fused-ring (bicyclic) bond motifs is 3. The van der Waals surface area contributed by atoms with E-state index in [2.05, 4.69) is 15.7 Å². The Hall–Kier alpha value is -4.14. The molecule has 1 atom stereocenters. The highest BCUT2D eigenvalue weighted by molar-refractivity contribution is 6.03. The van der Waals surface area contributed by atoms with Gasteiger partial charge in [-0.2, -0.15) is 5.10 Å². The van der Waals surface area contributed by atoms with Crippen LogP contribution in [0.5, 0.6) is 0 Å². The fraction of sp³-hybridized carbons (Fsp3) is 0.280. The molecule has 2 amide bonds. The number of aryl methyl sites for hydroxylation is 1. The van der Waals surface area contributed by atoms with Gasteiger partial charge in [0.25, 0.3) is 5.91 Å². The van der Waals surface area contributed by atoms with Crippen molar-refractivity contribution in [2.75, 3.05) is 11.9 Å². The lowest BCUT2D eigenvalue weighted by Gasteiger charge is -2.24. The Labute approximate surface area is 196 Å². The van der Waals surface area contributed by atoms with Crippen LogP contribution in [-0.4, -0.2) is 45.0 Å². The van der Waals surface area contributed by atoms with E-state index in [0.717, 1.165) is 22.3 Å². The third kappa shape index (κ3) is 4.24. The summed E-state index contributed by atoms with van der Waals surface area (Å²) in [6, 6.07) is 16.0. The van der Waals surface area contributed by atoms with Gasteiger partial charge in [0.2, 0.25) is 0 Å². The molecule has 1 aromatic heterocycles. The molecule has 3 aromatic rings. The first-order valence-electron chi connectivity index (χ1n) is 10.9. The molecule has 0 bridgehead atoms. The number of carboxylic acid groups (broad SMARTS) is 1. The van der Waals surface area contributed by atoms with Crippen LogP contribution in [-0.2, 0) is 16.6 Å². The number of aromatic nitrogens is 2. The predicted octanol–water partition coefficient (Wildman–Crippen LogP) is 3.76. The predicted molar refractivity (Wildman–Crippen MR) is 126 cm³/mol. The number of nitrogens with one attached hydrogen (secondary N) is 2. The van der Waals surface area contributed by atoms with Crippen molar-refractivity contribution >= 4 is 23.8 Å². The number of carbonyl (C=O) groups excluding carboxylic acids is 2. The molecule has 3 N–H and O–H groups in total. The second-order valence-electron chi connectivity index (χ2n) is 8.46. The summed E-state index contributed by atoms with van der Waals surface area (Å²) in [7, 11) is 1.59. The van der Waals surface area contributed by atoms with E-state index in [0.29, 0.717) is 0 Å². The fourth-order valence-electron chi connectivity index (χ4n) is 4.09. The van der Waals surface area contributed by atoms with Crippen molar-refractivity contribution in [1.82, 2.24) is 15.1 Å². The zero-order chi connectivity index (χ0) is 24.5. The first-order chi connectivity index (χ1) is 16.2. The molecule has 9 nitrogen and oxygen atoms in total. The number of ether oxygens (including phenoxy) is 1.